The summed E-state index contributed by atoms with van der Waals surface area (Å²) in [6.45, 7) is 0.388. The largest absolute Gasteiger partial charge is 0.361 e. The molecule has 0 bridgehead atoms. The molecule has 3 aromatic rings. The minimum absolute atomic E-state index is 0.282. The fourth-order valence-electron chi connectivity index (χ4n) is 2.40. The molecule has 0 atom stereocenters. The molecule has 0 aliphatic rings. The lowest BCUT2D eigenvalue weighted by Gasteiger charge is -2.05. The summed E-state index contributed by atoms with van der Waals surface area (Å²) in [5.41, 5.74) is 2.06. The highest BCUT2D eigenvalue weighted by Crippen LogP contribution is 2.19. The molecule has 0 saturated heterocycles. The monoisotopic (exact) mass is 300 g/mol. The molecule has 3 rings (SSSR count). The Morgan fingerprint density at radius 2 is 1.91 bits per heavy atom. The second-order valence-electron chi connectivity index (χ2n) is 5.02. The van der Waals surface area contributed by atoms with Gasteiger partial charge in [-0.1, -0.05) is 6.07 Å². The number of hydrogen-bond donors (Lipinski definition) is 2. The van der Waals surface area contributed by atoms with Gasteiger partial charge in [-0.2, -0.15) is 0 Å². The second-order valence-corrected chi connectivity index (χ2v) is 5.02. The summed E-state index contributed by atoms with van der Waals surface area (Å²) in [6, 6.07) is 10.1. The van der Waals surface area contributed by atoms with Gasteiger partial charge in [0.1, 0.15) is 11.6 Å². The summed E-state index contributed by atoms with van der Waals surface area (Å²) >= 11 is 0. The Bertz CT molecular complexity index is 826. The molecule has 0 saturated carbocycles. The molecule has 0 unspecified atom stereocenters. The minimum Gasteiger partial charge on any atom is -0.361 e. The van der Waals surface area contributed by atoms with Gasteiger partial charge in [-0.3, -0.25) is 4.79 Å². The molecule has 2 aromatic carbocycles. The van der Waals surface area contributed by atoms with Crippen LogP contribution in [0.1, 0.15) is 15.9 Å². The number of benzene rings is 2. The van der Waals surface area contributed by atoms with E-state index in [9.17, 15) is 13.6 Å². The minimum atomic E-state index is -0.445. The molecule has 2 N–H and O–H groups in total. The number of hydrogen-bond acceptors (Lipinski definition) is 1. The number of carbonyl (C=O) groups excluding carboxylic acids is 1. The second kappa shape index (κ2) is 5.97. The van der Waals surface area contributed by atoms with Crippen LogP contribution >= 0.6 is 0 Å². The Hall–Kier alpha value is -2.69. The summed E-state index contributed by atoms with van der Waals surface area (Å²) in [5, 5.41) is 3.54. The van der Waals surface area contributed by atoms with Gasteiger partial charge in [0.15, 0.2) is 0 Å². The van der Waals surface area contributed by atoms with Crippen molar-refractivity contribution in [1.29, 1.82) is 0 Å². The van der Waals surface area contributed by atoms with Gasteiger partial charge >= 0.3 is 0 Å². The first kappa shape index (κ1) is 14.3. The van der Waals surface area contributed by atoms with Gasteiger partial charge in [-0.05, 0) is 48.4 Å². The zero-order valence-electron chi connectivity index (χ0n) is 11.7. The summed E-state index contributed by atoms with van der Waals surface area (Å²) in [4.78, 5) is 15.0. The first-order chi connectivity index (χ1) is 10.6. The van der Waals surface area contributed by atoms with Crippen LogP contribution < -0.4 is 5.32 Å². The van der Waals surface area contributed by atoms with E-state index in [1.165, 1.54) is 30.3 Å². The highest BCUT2D eigenvalue weighted by atomic mass is 19.1. The van der Waals surface area contributed by atoms with E-state index in [1.54, 1.807) is 18.3 Å². The molecule has 112 valence electrons. The molecule has 1 heterocycles. The van der Waals surface area contributed by atoms with Gasteiger partial charge < -0.3 is 10.3 Å². The van der Waals surface area contributed by atoms with E-state index in [4.69, 9.17) is 0 Å². The molecular weight excluding hydrogens is 286 g/mol. The van der Waals surface area contributed by atoms with Gasteiger partial charge in [0.05, 0.1) is 0 Å². The Morgan fingerprint density at radius 1 is 1.09 bits per heavy atom. The number of aromatic amines is 1. The number of aromatic nitrogens is 1. The fourth-order valence-corrected chi connectivity index (χ4v) is 2.40. The maximum Gasteiger partial charge on any atom is 0.251 e. The molecule has 5 heteroatoms. The lowest BCUT2D eigenvalue weighted by Crippen LogP contribution is -2.25. The highest BCUT2D eigenvalue weighted by Gasteiger charge is 2.08. The van der Waals surface area contributed by atoms with E-state index in [-0.39, 0.29) is 17.3 Å². The van der Waals surface area contributed by atoms with E-state index < -0.39 is 5.82 Å². The summed E-state index contributed by atoms with van der Waals surface area (Å²) < 4.78 is 26.4. The SMILES string of the molecule is O=C(NCCc1c[nH]c2ccc(F)cc12)c1cccc(F)c1. The molecule has 22 heavy (non-hydrogen) atoms. The van der Waals surface area contributed by atoms with Crippen molar-refractivity contribution in [3.8, 4) is 0 Å². The average molecular weight is 300 g/mol. The number of rotatable bonds is 4. The lowest BCUT2D eigenvalue weighted by molar-refractivity contribution is 0.0953. The molecule has 0 aliphatic carbocycles. The predicted molar refractivity (Wildman–Crippen MR) is 80.7 cm³/mol. The lowest BCUT2D eigenvalue weighted by atomic mass is 10.1. The van der Waals surface area contributed by atoms with Crippen LogP contribution in [0.25, 0.3) is 10.9 Å². The van der Waals surface area contributed by atoms with E-state index in [0.29, 0.717) is 13.0 Å². The third-order valence-electron chi connectivity index (χ3n) is 3.50. The molecular formula is C17H14F2N2O. The normalized spacial score (nSPS) is 10.8. The summed E-state index contributed by atoms with van der Waals surface area (Å²) in [7, 11) is 0. The number of nitrogens with one attached hydrogen (secondary N) is 2. The number of amides is 1. The first-order valence-electron chi connectivity index (χ1n) is 6.93. The molecule has 3 nitrogen and oxygen atoms in total. The molecule has 0 spiro atoms. The average Bonchev–Trinajstić information content (AvgIpc) is 2.89. The third kappa shape index (κ3) is 2.98. The molecule has 0 aliphatic heterocycles. The summed E-state index contributed by atoms with van der Waals surface area (Å²) in [5.74, 6) is -1.07. The predicted octanol–water partition coefficient (Wildman–Crippen LogP) is 3.42. The molecule has 1 amide bonds. The van der Waals surface area contributed by atoms with Crippen molar-refractivity contribution < 1.29 is 13.6 Å². The quantitative estimate of drug-likeness (QED) is 0.762. The highest BCUT2D eigenvalue weighted by molar-refractivity contribution is 5.94. The van der Waals surface area contributed by atoms with Gasteiger partial charge in [0.2, 0.25) is 0 Å². The van der Waals surface area contributed by atoms with Gasteiger partial charge in [0, 0.05) is 29.2 Å². The zero-order valence-corrected chi connectivity index (χ0v) is 11.7. The van der Waals surface area contributed by atoms with Crippen LogP contribution in [-0.2, 0) is 6.42 Å². The molecule has 0 fully saturated rings. The third-order valence-corrected chi connectivity index (χ3v) is 3.50. The van der Waals surface area contributed by atoms with Gasteiger partial charge in [-0.25, -0.2) is 8.78 Å². The Balaban J connectivity index is 1.65. The van der Waals surface area contributed by atoms with Crippen molar-refractivity contribution in [2.24, 2.45) is 0 Å². The van der Waals surface area contributed by atoms with Crippen molar-refractivity contribution in [2.45, 2.75) is 6.42 Å². The van der Waals surface area contributed by atoms with E-state index in [2.05, 4.69) is 10.3 Å². The fraction of sp³-hybridized carbons (Fsp3) is 0.118. The van der Waals surface area contributed by atoms with E-state index in [1.807, 2.05) is 0 Å². The van der Waals surface area contributed by atoms with Gasteiger partial charge in [0.25, 0.3) is 5.91 Å². The van der Waals surface area contributed by atoms with Crippen molar-refractivity contribution in [2.75, 3.05) is 6.54 Å². The maximum absolute atomic E-state index is 13.3. The standard InChI is InChI=1S/C17H14F2N2O/c18-13-3-1-2-11(8-13)17(22)20-7-6-12-10-21-16-5-4-14(19)9-15(12)16/h1-5,8-10,21H,6-7H2,(H,20,22). The van der Waals surface area contributed by atoms with Crippen LogP contribution in [0.2, 0.25) is 0 Å². The van der Waals surface area contributed by atoms with E-state index >= 15 is 0 Å². The maximum atomic E-state index is 13.3. The van der Waals surface area contributed by atoms with Crippen LogP contribution in [0, 0.1) is 11.6 Å². The molecule has 1 aromatic heterocycles. The number of fused-ring (bicyclic) bond motifs is 1. The van der Waals surface area contributed by atoms with E-state index in [0.717, 1.165) is 16.5 Å². The van der Waals surface area contributed by atoms with Crippen LogP contribution in [0.3, 0.4) is 0 Å². The van der Waals surface area contributed by atoms with Crippen LogP contribution in [0.15, 0.2) is 48.7 Å². The van der Waals surface area contributed by atoms with Gasteiger partial charge in [-0.15, -0.1) is 0 Å². The first-order valence-corrected chi connectivity index (χ1v) is 6.93. The van der Waals surface area contributed by atoms with Crippen LogP contribution in [0.4, 0.5) is 8.78 Å². The van der Waals surface area contributed by atoms with Crippen molar-refractivity contribution >= 4 is 16.8 Å². The number of halogens is 2. The Kier molecular flexibility index (Phi) is 3.87. The Labute approximate surface area is 126 Å². The Morgan fingerprint density at radius 3 is 2.73 bits per heavy atom. The number of H-pyrrole nitrogens is 1. The van der Waals surface area contributed by atoms with Crippen molar-refractivity contribution in [3.05, 3.63) is 71.4 Å². The smallest absolute Gasteiger partial charge is 0.251 e. The van der Waals surface area contributed by atoms with Crippen molar-refractivity contribution in [3.63, 3.8) is 0 Å². The van der Waals surface area contributed by atoms with Crippen molar-refractivity contribution in [1.82, 2.24) is 10.3 Å². The number of carbonyl (C=O) groups is 1. The molecule has 0 radical (unpaired) electrons. The topological polar surface area (TPSA) is 44.9 Å². The zero-order chi connectivity index (χ0) is 15.5. The summed E-state index contributed by atoms with van der Waals surface area (Å²) in [6.07, 6.45) is 2.36. The van der Waals surface area contributed by atoms with Crippen LogP contribution in [0.5, 0.6) is 0 Å². The van der Waals surface area contributed by atoms with Crippen LogP contribution in [-0.4, -0.2) is 17.4 Å².